The van der Waals surface area contributed by atoms with Gasteiger partial charge in [0, 0.05) is 0 Å². The Kier molecular flexibility index (Phi) is 4.69. The highest BCUT2D eigenvalue weighted by Gasteiger charge is 2.33. The lowest BCUT2D eigenvalue weighted by molar-refractivity contribution is 0.589. The Bertz CT molecular complexity index is 1500. The molecule has 1 atom stereocenters. The number of hydrogen-bond acceptors (Lipinski definition) is 6. The number of nitrogens with one attached hydrogen (secondary N) is 2. The van der Waals surface area contributed by atoms with Gasteiger partial charge in [-0.2, -0.15) is 0 Å². The zero-order valence-corrected chi connectivity index (χ0v) is 17.5. The van der Waals surface area contributed by atoms with E-state index in [0.29, 0.717) is 40.4 Å². The summed E-state index contributed by atoms with van der Waals surface area (Å²) in [6.45, 7) is 1.98. The Hall–Kier alpha value is -4.08. The maximum Gasteiger partial charge on any atom is 0.269 e. The molecule has 0 bridgehead atoms. The first kappa shape index (κ1) is 19.9. The van der Waals surface area contributed by atoms with Crippen molar-refractivity contribution in [2.45, 2.75) is 18.8 Å². The molecule has 0 aliphatic rings. The highest BCUT2D eigenvalue weighted by molar-refractivity contribution is 6.17. The molecule has 0 aliphatic carbocycles. The molecule has 2 N–H and O–H groups in total. The van der Waals surface area contributed by atoms with Crippen LogP contribution in [0.15, 0.2) is 66.0 Å². The molecule has 158 valence electrons. The third-order valence-electron chi connectivity index (χ3n) is 5.67. The second kappa shape index (κ2) is 7.56. The Balaban J connectivity index is 1.79. The largest absolute Gasteiger partial charge is 0.363 e. The monoisotopic (exact) mass is 427 g/mol. The summed E-state index contributed by atoms with van der Waals surface area (Å²) in [5.41, 5.74) is 0.756. The molecule has 0 aliphatic heterocycles. The van der Waals surface area contributed by atoms with Gasteiger partial charge in [-0.1, -0.05) is 31.2 Å². The summed E-state index contributed by atoms with van der Waals surface area (Å²) in [7, 11) is 1.93. The Morgan fingerprint density at radius 3 is 2.72 bits per heavy atom. The summed E-state index contributed by atoms with van der Waals surface area (Å²) < 4.78 is 16.1. The summed E-state index contributed by atoms with van der Waals surface area (Å²) in [6.07, 6.45) is 3.54. The zero-order valence-electron chi connectivity index (χ0n) is 17.5. The van der Waals surface area contributed by atoms with E-state index in [1.54, 1.807) is 30.6 Å². The van der Waals surface area contributed by atoms with E-state index >= 15 is 0 Å². The molecular formula is C22H19BFN7O. The standard InChI is InChI=1S/C22H19BFN7O/c1-2-22(23,30-19-17-18(26-11-25-17)27-12-28-19)21-29-15-10-6-9-14(24)16(15)20(32)31(21)13-7-4-3-5-8-13/h3-12H,2,23H2,1H3,(H2,25,26,27,28,30)/t22-/m0/s1. The third-order valence-corrected chi connectivity index (χ3v) is 5.67. The lowest BCUT2D eigenvalue weighted by Gasteiger charge is -2.32. The number of hydrogen-bond donors (Lipinski definition) is 2. The lowest BCUT2D eigenvalue weighted by atomic mass is 9.74. The van der Waals surface area contributed by atoms with Crippen LogP contribution in [-0.4, -0.2) is 37.3 Å². The molecule has 0 saturated carbocycles. The van der Waals surface area contributed by atoms with E-state index in [-0.39, 0.29) is 5.39 Å². The maximum atomic E-state index is 14.6. The average molecular weight is 427 g/mol. The molecule has 10 heteroatoms. The van der Waals surface area contributed by atoms with Gasteiger partial charge in [0.25, 0.3) is 5.56 Å². The van der Waals surface area contributed by atoms with Crippen molar-refractivity contribution < 1.29 is 4.39 Å². The van der Waals surface area contributed by atoms with Crippen molar-refractivity contribution in [1.82, 2.24) is 29.5 Å². The number of anilines is 1. The summed E-state index contributed by atoms with van der Waals surface area (Å²) in [5.74, 6) is 0.349. The predicted octanol–water partition coefficient (Wildman–Crippen LogP) is 2.50. The molecule has 0 fully saturated rings. The first-order chi connectivity index (χ1) is 15.5. The van der Waals surface area contributed by atoms with Crippen molar-refractivity contribution in [1.29, 1.82) is 0 Å². The van der Waals surface area contributed by atoms with Gasteiger partial charge >= 0.3 is 0 Å². The lowest BCUT2D eigenvalue weighted by Crippen LogP contribution is -2.42. The van der Waals surface area contributed by atoms with Crippen LogP contribution >= 0.6 is 0 Å². The second-order valence-corrected chi connectivity index (χ2v) is 7.68. The molecule has 3 heterocycles. The van der Waals surface area contributed by atoms with Crippen LogP contribution < -0.4 is 10.9 Å². The third kappa shape index (κ3) is 3.11. The van der Waals surface area contributed by atoms with Crippen LogP contribution in [0.4, 0.5) is 10.2 Å². The number of aromatic nitrogens is 6. The molecule has 0 radical (unpaired) electrons. The second-order valence-electron chi connectivity index (χ2n) is 7.68. The maximum absolute atomic E-state index is 14.6. The van der Waals surface area contributed by atoms with Crippen LogP contribution in [0, 0.1) is 5.82 Å². The number of imidazole rings is 1. The van der Waals surface area contributed by atoms with Gasteiger partial charge in [-0.15, -0.1) is 0 Å². The summed E-state index contributed by atoms with van der Waals surface area (Å²) in [5, 5.41) is 3.37. The van der Waals surface area contributed by atoms with Crippen molar-refractivity contribution in [2.75, 3.05) is 5.32 Å². The van der Waals surface area contributed by atoms with Crippen LogP contribution in [0.5, 0.6) is 0 Å². The highest BCUT2D eigenvalue weighted by atomic mass is 19.1. The Morgan fingerprint density at radius 1 is 1.12 bits per heavy atom. The van der Waals surface area contributed by atoms with E-state index in [0.717, 1.165) is 0 Å². The molecule has 5 aromatic rings. The number of para-hydroxylation sites is 1. The van der Waals surface area contributed by atoms with Crippen LogP contribution in [-0.2, 0) is 5.44 Å². The number of benzene rings is 2. The first-order valence-electron chi connectivity index (χ1n) is 10.2. The van der Waals surface area contributed by atoms with E-state index < -0.39 is 16.8 Å². The van der Waals surface area contributed by atoms with Crippen LogP contribution in [0.3, 0.4) is 0 Å². The fourth-order valence-corrected chi connectivity index (χ4v) is 3.80. The normalized spacial score (nSPS) is 13.3. The SMILES string of the molecule is B[C@@](CC)(Nc1ncnc2[nH]cnc12)c1nc2cccc(F)c2c(=O)n1-c1ccccc1. The highest BCUT2D eigenvalue weighted by Crippen LogP contribution is 2.29. The van der Waals surface area contributed by atoms with E-state index in [2.05, 4.69) is 25.3 Å². The molecule has 0 unspecified atom stereocenters. The molecule has 0 spiro atoms. The molecule has 5 rings (SSSR count). The fraction of sp³-hybridized carbons (Fsp3) is 0.136. The van der Waals surface area contributed by atoms with Gasteiger partial charge in [-0.05, 0) is 30.7 Å². The number of fused-ring (bicyclic) bond motifs is 2. The van der Waals surface area contributed by atoms with Gasteiger partial charge in [-0.25, -0.2) is 24.3 Å². The van der Waals surface area contributed by atoms with Crippen molar-refractivity contribution in [2.24, 2.45) is 0 Å². The quantitative estimate of drug-likeness (QED) is 0.418. The van der Waals surface area contributed by atoms with Gasteiger partial charge in [0.2, 0.25) is 0 Å². The average Bonchev–Trinajstić information content (AvgIpc) is 3.29. The fourth-order valence-electron chi connectivity index (χ4n) is 3.80. The van der Waals surface area contributed by atoms with Gasteiger partial charge in [0.15, 0.2) is 11.5 Å². The van der Waals surface area contributed by atoms with Gasteiger partial charge in [0.05, 0.1) is 23.0 Å². The molecule has 0 amide bonds. The molecule has 2 aromatic carbocycles. The number of nitrogens with zero attached hydrogens (tertiary/aromatic N) is 5. The van der Waals surface area contributed by atoms with Crippen molar-refractivity contribution in [3.8, 4) is 5.69 Å². The summed E-state index contributed by atoms with van der Waals surface area (Å²) in [4.78, 5) is 34.1. The topological polar surface area (TPSA) is 101 Å². The van der Waals surface area contributed by atoms with E-state index in [4.69, 9.17) is 4.98 Å². The number of rotatable bonds is 5. The van der Waals surface area contributed by atoms with Crippen molar-refractivity contribution >= 4 is 35.7 Å². The minimum atomic E-state index is -0.838. The minimum Gasteiger partial charge on any atom is -0.363 e. The minimum absolute atomic E-state index is 0.0460. The molecular weight excluding hydrogens is 408 g/mol. The van der Waals surface area contributed by atoms with Crippen LogP contribution in [0.2, 0.25) is 0 Å². The number of aromatic amines is 1. The predicted molar refractivity (Wildman–Crippen MR) is 123 cm³/mol. The Labute approximate surface area is 183 Å². The molecule has 0 saturated heterocycles. The molecule has 32 heavy (non-hydrogen) atoms. The smallest absolute Gasteiger partial charge is 0.269 e. The summed E-state index contributed by atoms with van der Waals surface area (Å²) in [6, 6.07) is 13.6. The van der Waals surface area contributed by atoms with E-state index in [1.807, 2.05) is 33.0 Å². The molecule has 8 nitrogen and oxygen atoms in total. The van der Waals surface area contributed by atoms with Crippen LogP contribution in [0.25, 0.3) is 27.8 Å². The zero-order chi connectivity index (χ0) is 22.3. The van der Waals surface area contributed by atoms with Gasteiger partial charge in [0.1, 0.15) is 36.7 Å². The van der Waals surface area contributed by atoms with E-state index in [9.17, 15) is 9.18 Å². The number of H-pyrrole nitrogens is 1. The number of halogens is 1. The van der Waals surface area contributed by atoms with Gasteiger partial charge < -0.3 is 10.3 Å². The summed E-state index contributed by atoms with van der Waals surface area (Å²) >= 11 is 0. The van der Waals surface area contributed by atoms with Crippen molar-refractivity contribution in [3.63, 3.8) is 0 Å². The Morgan fingerprint density at radius 2 is 1.94 bits per heavy atom. The van der Waals surface area contributed by atoms with Crippen molar-refractivity contribution in [3.05, 3.63) is 83.2 Å². The van der Waals surface area contributed by atoms with E-state index in [1.165, 1.54) is 17.0 Å². The van der Waals surface area contributed by atoms with Gasteiger partial charge in [-0.3, -0.25) is 9.36 Å². The van der Waals surface area contributed by atoms with Crippen LogP contribution in [0.1, 0.15) is 19.2 Å². The molecule has 3 aromatic heterocycles. The first-order valence-corrected chi connectivity index (χ1v) is 10.2.